The Hall–Kier alpha value is -2.36. The maximum atomic E-state index is 11.8. The number of carbonyl (C=O) groups excluding carboxylic acids is 1. The summed E-state index contributed by atoms with van der Waals surface area (Å²) in [5.41, 5.74) is 8.54. The number of aryl methyl sites for hydroxylation is 2. The first-order valence-electron chi connectivity index (χ1n) is 6.20. The lowest BCUT2D eigenvalue weighted by atomic mass is 10.1. The Labute approximate surface area is 112 Å². The van der Waals surface area contributed by atoms with Gasteiger partial charge in [0, 0.05) is 6.42 Å². The third-order valence-electron chi connectivity index (χ3n) is 2.83. The van der Waals surface area contributed by atoms with E-state index in [4.69, 9.17) is 5.73 Å². The molecular weight excluding hydrogens is 238 g/mol. The van der Waals surface area contributed by atoms with Crippen LogP contribution in [0.15, 0.2) is 42.6 Å². The summed E-state index contributed by atoms with van der Waals surface area (Å²) in [7, 11) is 0. The van der Waals surface area contributed by atoms with Crippen molar-refractivity contribution in [3.63, 3.8) is 0 Å². The Balaban J connectivity index is 1.84. The Morgan fingerprint density at radius 2 is 1.95 bits per heavy atom. The van der Waals surface area contributed by atoms with Crippen molar-refractivity contribution in [3.05, 3.63) is 53.7 Å². The van der Waals surface area contributed by atoms with E-state index < -0.39 is 0 Å². The molecule has 0 radical (unpaired) electrons. The topological polar surface area (TPSA) is 68.0 Å². The zero-order valence-electron chi connectivity index (χ0n) is 10.9. The van der Waals surface area contributed by atoms with Crippen LogP contribution in [-0.4, -0.2) is 10.9 Å². The predicted octanol–water partition coefficient (Wildman–Crippen LogP) is 2.54. The summed E-state index contributed by atoms with van der Waals surface area (Å²) in [5, 5.41) is 2.79. The van der Waals surface area contributed by atoms with Gasteiger partial charge in [-0.1, -0.05) is 29.8 Å². The van der Waals surface area contributed by atoms with Crippen LogP contribution in [-0.2, 0) is 11.2 Å². The van der Waals surface area contributed by atoms with E-state index in [1.165, 1.54) is 5.56 Å². The Morgan fingerprint density at radius 1 is 1.21 bits per heavy atom. The Kier molecular flexibility index (Phi) is 4.13. The quantitative estimate of drug-likeness (QED) is 0.882. The number of nitrogens with one attached hydrogen (secondary N) is 1. The van der Waals surface area contributed by atoms with E-state index in [1.54, 1.807) is 18.3 Å². The molecule has 19 heavy (non-hydrogen) atoms. The second-order valence-electron chi connectivity index (χ2n) is 4.51. The van der Waals surface area contributed by atoms with Gasteiger partial charge in [-0.15, -0.1) is 0 Å². The number of rotatable bonds is 4. The standard InChI is InChI=1S/C15H17N3O/c1-11-2-4-12(5-3-11)6-9-15(19)18-13-7-8-14(16)17-10-13/h2-5,7-8,10H,6,9H2,1H3,(H2,16,17)(H,18,19). The Bertz CT molecular complexity index is 547. The number of nitrogens with two attached hydrogens (primary N) is 1. The fourth-order valence-electron chi connectivity index (χ4n) is 1.72. The number of amides is 1. The summed E-state index contributed by atoms with van der Waals surface area (Å²) in [6.45, 7) is 2.05. The molecule has 4 heteroatoms. The van der Waals surface area contributed by atoms with Gasteiger partial charge in [-0.05, 0) is 31.0 Å². The van der Waals surface area contributed by atoms with Crippen molar-refractivity contribution >= 4 is 17.4 Å². The smallest absolute Gasteiger partial charge is 0.224 e. The van der Waals surface area contributed by atoms with Crippen molar-refractivity contribution in [3.8, 4) is 0 Å². The minimum Gasteiger partial charge on any atom is -0.384 e. The highest BCUT2D eigenvalue weighted by molar-refractivity contribution is 5.90. The molecular formula is C15H17N3O. The van der Waals surface area contributed by atoms with E-state index in [1.807, 2.05) is 19.1 Å². The van der Waals surface area contributed by atoms with Crippen molar-refractivity contribution < 1.29 is 4.79 Å². The predicted molar refractivity (Wildman–Crippen MR) is 76.8 cm³/mol. The normalized spacial score (nSPS) is 10.2. The zero-order chi connectivity index (χ0) is 13.7. The van der Waals surface area contributed by atoms with Gasteiger partial charge >= 0.3 is 0 Å². The molecule has 1 aromatic carbocycles. The van der Waals surface area contributed by atoms with Crippen molar-refractivity contribution in [1.29, 1.82) is 0 Å². The van der Waals surface area contributed by atoms with Crippen molar-refractivity contribution in [2.45, 2.75) is 19.8 Å². The van der Waals surface area contributed by atoms with Gasteiger partial charge in [0.1, 0.15) is 5.82 Å². The molecule has 0 atom stereocenters. The van der Waals surface area contributed by atoms with Gasteiger partial charge in [-0.3, -0.25) is 4.79 Å². The molecule has 0 aliphatic carbocycles. The number of carbonyl (C=O) groups is 1. The summed E-state index contributed by atoms with van der Waals surface area (Å²) < 4.78 is 0. The third kappa shape index (κ3) is 4.10. The number of anilines is 2. The molecule has 2 aromatic rings. The fourth-order valence-corrected chi connectivity index (χ4v) is 1.72. The highest BCUT2D eigenvalue weighted by Crippen LogP contribution is 2.09. The van der Waals surface area contributed by atoms with Crippen molar-refractivity contribution in [1.82, 2.24) is 4.98 Å². The first kappa shape index (κ1) is 13.1. The lowest BCUT2D eigenvalue weighted by molar-refractivity contribution is -0.116. The van der Waals surface area contributed by atoms with Crippen LogP contribution in [0, 0.1) is 6.92 Å². The average molecular weight is 255 g/mol. The minimum atomic E-state index is -0.0212. The number of nitrogens with zero attached hydrogens (tertiary/aromatic N) is 1. The van der Waals surface area contributed by atoms with Crippen molar-refractivity contribution in [2.24, 2.45) is 0 Å². The van der Waals surface area contributed by atoms with Crippen LogP contribution in [0.1, 0.15) is 17.5 Å². The molecule has 1 amide bonds. The van der Waals surface area contributed by atoms with Crippen LogP contribution in [0.4, 0.5) is 11.5 Å². The number of pyridine rings is 1. The van der Waals surface area contributed by atoms with E-state index in [2.05, 4.69) is 22.4 Å². The second-order valence-corrected chi connectivity index (χ2v) is 4.51. The Morgan fingerprint density at radius 3 is 2.58 bits per heavy atom. The monoisotopic (exact) mass is 255 g/mol. The maximum Gasteiger partial charge on any atom is 0.224 e. The van der Waals surface area contributed by atoms with Crippen LogP contribution < -0.4 is 11.1 Å². The summed E-state index contributed by atoms with van der Waals surface area (Å²) in [6, 6.07) is 11.6. The first-order valence-corrected chi connectivity index (χ1v) is 6.20. The molecule has 4 nitrogen and oxygen atoms in total. The van der Waals surface area contributed by atoms with Crippen LogP contribution in [0.3, 0.4) is 0 Å². The molecule has 3 N–H and O–H groups in total. The molecule has 98 valence electrons. The maximum absolute atomic E-state index is 11.8. The van der Waals surface area contributed by atoms with Gasteiger partial charge in [0.15, 0.2) is 0 Å². The van der Waals surface area contributed by atoms with Gasteiger partial charge in [-0.2, -0.15) is 0 Å². The van der Waals surface area contributed by atoms with Crippen LogP contribution >= 0.6 is 0 Å². The molecule has 0 aliphatic rings. The molecule has 0 aliphatic heterocycles. The van der Waals surface area contributed by atoms with E-state index in [0.29, 0.717) is 17.9 Å². The van der Waals surface area contributed by atoms with Crippen LogP contribution in [0.25, 0.3) is 0 Å². The average Bonchev–Trinajstić information content (AvgIpc) is 2.41. The summed E-state index contributed by atoms with van der Waals surface area (Å²) in [6.07, 6.45) is 2.74. The lowest BCUT2D eigenvalue weighted by Gasteiger charge is -2.05. The zero-order valence-corrected chi connectivity index (χ0v) is 10.9. The molecule has 0 spiro atoms. The molecule has 1 heterocycles. The van der Waals surface area contributed by atoms with E-state index in [0.717, 1.165) is 12.0 Å². The minimum absolute atomic E-state index is 0.0212. The summed E-state index contributed by atoms with van der Waals surface area (Å²) in [5.74, 6) is 0.421. The van der Waals surface area contributed by atoms with Crippen LogP contribution in [0.5, 0.6) is 0 Å². The van der Waals surface area contributed by atoms with E-state index in [-0.39, 0.29) is 5.91 Å². The molecule has 1 aromatic heterocycles. The van der Waals surface area contributed by atoms with Gasteiger partial charge in [0.05, 0.1) is 11.9 Å². The highest BCUT2D eigenvalue weighted by atomic mass is 16.1. The third-order valence-corrected chi connectivity index (χ3v) is 2.83. The van der Waals surface area contributed by atoms with Crippen LogP contribution in [0.2, 0.25) is 0 Å². The molecule has 0 unspecified atom stereocenters. The highest BCUT2D eigenvalue weighted by Gasteiger charge is 2.03. The molecule has 0 fully saturated rings. The largest absolute Gasteiger partial charge is 0.384 e. The van der Waals surface area contributed by atoms with E-state index in [9.17, 15) is 4.79 Å². The number of hydrogen-bond acceptors (Lipinski definition) is 3. The number of benzene rings is 1. The van der Waals surface area contributed by atoms with Gasteiger partial charge < -0.3 is 11.1 Å². The second kappa shape index (κ2) is 6.00. The van der Waals surface area contributed by atoms with Gasteiger partial charge in [0.2, 0.25) is 5.91 Å². The first-order chi connectivity index (χ1) is 9.13. The van der Waals surface area contributed by atoms with Crippen molar-refractivity contribution in [2.75, 3.05) is 11.1 Å². The molecule has 0 saturated heterocycles. The summed E-state index contributed by atoms with van der Waals surface area (Å²) in [4.78, 5) is 15.7. The molecule has 2 rings (SSSR count). The fraction of sp³-hybridized carbons (Fsp3) is 0.200. The molecule has 0 bridgehead atoms. The SMILES string of the molecule is Cc1ccc(CCC(=O)Nc2ccc(N)nc2)cc1. The van der Waals surface area contributed by atoms with E-state index >= 15 is 0 Å². The number of nitrogen functional groups attached to an aromatic ring is 1. The van der Waals surface area contributed by atoms with Gasteiger partial charge in [-0.25, -0.2) is 4.98 Å². The lowest BCUT2D eigenvalue weighted by Crippen LogP contribution is -2.12. The summed E-state index contributed by atoms with van der Waals surface area (Å²) >= 11 is 0. The molecule has 0 saturated carbocycles. The number of hydrogen-bond donors (Lipinski definition) is 2. The van der Waals surface area contributed by atoms with Gasteiger partial charge in [0.25, 0.3) is 0 Å². The number of aromatic nitrogens is 1.